The van der Waals surface area contributed by atoms with E-state index in [9.17, 15) is 9.59 Å². The summed E-state index contributed by atoms with van der Waals surface area (Å²) in [5.74, 6) is 0.357. The molecule has 0 bridgehead atoms. The van der Waals surface area contributed by atoms with Gasteiger partial charge in [0.05, 0.1) is 52.9 Å². The second kappa shape index (κ2) is 18.1. The quantitative estimate of drug-likeness (QED) is 0.267. The fourth-order valence-electron chi connectivity index (χ4n) is 2.85. The Labute approximate surface area is 222 Å². The minimum Gasteiger partial charge on any atom is -0.444 e. The number of hydrogen-bond donors (Lipinski definition) is 2. The standard InChI is InChI=1S/C25H38N6O7/c1-25(2,3)38-24(33)26-9-11-35-13-15-37-17-16-36-14-12-34-10-8-22(32)27-18-20-4-6-21(7-5-20)23-30-28-19-29-31-23/h4-7,19H,8-18H2,1-3H3,(H,26,33)(H,27,32). The van der Waals surface area contributed by atoms with E-state index in [1.807, 2.05) is 45.0 Å². The number of ether oxygens (including phenoxy) is 5. The van der Waals surface area contributed by atoms with Crippen LogP contribution >= 0.6 is 0 Å². The maximum Gasteiger partial charge on any atom is 0.407 e. The van der Waals surface area contributed by atoms with Gasteiger partial charge in [-0.3, -0.25) is 4.79 Å². The first-order valence-electron chi connectivity index (χ1n) is 12.5. The van der Waals surface area contributed by atoms with Crippen molar-refractivity contribution >= 4 is 12.0 Å². The van der Waals surface area contributed by atoms with Crippen molar-refractivity contribution in [2.45, 2.75) is 39.3 Å². The molecule has 2 aromatic rings. The number of carbonyl (C=O) groups is 2. The first kappa shape index (κ1) is 31.0. The van der Waals surface area contributed by atoms with Gasteiger partial charge in [-0.25, -0.2) is 4.79 Å². The fraction of sp³-hybridized carbons (Fsp3) is 0.600. The van der Waals surface area contributed by atoms with Gasteiger partial charge >= 0.3 is 6.09 Å². The number of nitrogens with one attached hydrogen (secondary N) is 2. The Hall–Kier alpha value is -3.26. The van der Waals surface area contributed by atoms with Gasteiger partial charge in [0, 0.05) is 25.1 Å². The SMILES string of the molecule is CC(C)(C)OC(=O)NCCOCCOCCOCCOCCC(=O)NCc1ccc(-c2nncnn2)cc1. The van der Waals surface area contributed by atoms with Gasteiger partial charge in [0.2, 0.25) is 11.7 Å². The van der Waals surface area contributed by atoms with E-state index >= 15 is 0 Å². The molecule has 38 heavy (non-hydrogen) atoms. The number of rotatable bonds is 18. The summed E-state index contributed by atoms with van der Waals surface area (Å²) in [6, 6.07) is 7.50. The van der Waals surface area contributed by atoms with E-state index in [4.69, 9.17) is 23.7 Å². The lowest BCUT2D eigenvalue weighted by molar-refractivity contribution is -0.122. The van der Waals surface area contributed by atoms with Crippen LogP contribution in [0.4, 0.5) is 4.79 Å². The average molecular weight is 535 g/mol. The lowest BCUT2D eigenvalue weighted by Crippen LogP contribution is -2.34. The second-order valence-electron chi connectivity index (χ2n) is 8.97. The summed E-state index contributed by atoms with van der Waals surface area (Å²) in [5.41, 5.74) is 1.24. The fourth-order valence-corrected chi connectivity index (χ4v) is 2.85. The van der Waals surface area contributed by atoms with Crippen LogP contribution in [0.1, 0.15) is 32.8 Å². The van der Waals surface area contributed by atoms with E-state index in [0.29, 0.717) is 71.8 Å². The molecule has 0 unspecified atom stereocenters. The van der Waals surface area contributed by atoms with Crippen LogP contribution in [0, 0.1) is 0 Å². The number of hydrogen-bond acceptors (Lipinski definition) is 11. The van der Waals surface area contributed by atoms with Crippen LogP contribution in [0.2, 0.25) is 0 Å². The summed E-state index contributed by atoms with van der Waals surface area (Å²) in [6.07, 6.45) is 1.08. The van der Waals surface area contributed by atoms with Crippen LogP contribution in [0.5, 0.6) is 0 Å². The Kier molecular flexibility index (Phi) is 14.7. The molecule has 13 nitrogen and oxygen atoms in total. The Morgan fingerprint density at radius 2 is 1.32 bits per heavy atom. The largest absolute Gasteiger partial charge is 0.444 e. The topological polar surface area (TPSA) is 156 Å². The summed E-state index contributed by atoms with van der Waals surface area (Å²) in [7, 11) is 0. The number of aromatic nitrogens is 4. The molecule has 210 valence electrons. The summed E-state index contributed by atoms with van der Waals surface area (Å²) in [4.78, 5) is 23.5. The van der Waals surface area contributed by atoms with E-state index in [1.54, 1.807) is 0 Å². The number of amides is 2. The molecule has 1 aromatic heterocycles. The number of alkyl carbamates (subject to hydrolysis) is 1. The summed E-state index contributed by atoms with van der Waals surface area (Å²) in [6.45, 7) is 9.45. The van der Waals surface area contributed by atoms with Crippen LogP contribution < -0.4 is 10.6 Å². The first-order chi connectivity index (χ1) is 18.3. The lowest BCUT2D eigenvalue weighted by Gasteiger charge is -2.19. The highest BCUT2D eigenvalue weighted by Gasteiger charge is 2.15. The normalized spacial score (nSPS) is 11.2. The molecule has 0 saturated heterocycles. The van der Waals surface area contributed by atoms with E-state index in [2.05, 4.69) is 31.0 Å². The van der Waals surface area contributed by atoms with Gasteiger partial charge in [0.25, 0.3) is 0 Å². The van der Waals surface area contributed by atoms with Crippen LogP contribution in [-0.2, 0) is 35.0 Å². The van der Waals surface area contributed by atoms with Gasteiger partial charge in [-0.2, -0.15) is 0 Å². The van der Waals surface area contributed by atoms with Crippen molar-refractivity contribution in [3.8, 4) is 11.4 Å². The molecule has 0 atom stereocenters. The molecule has 0 aliphatic rings. The molecule has 0 aliphatic carbocycles. The monoisotopic (exact) mass is 534 g/mol. The maximum absolute atomic E-state index is 12.0. The van der Waals surface area contributed by atoms with Crippen molar-refractivity contribution in [1.82, 2.24) is 31.0 Å². The Balaban J connectivity index is 1.35. The third-order valence-corrected chi connectivity index (χ3v) is 4.61. The van der Waals surface area contributed by atoms with Crippen molar-refractivity contribution in [3.63, 3.8) is 0 Å². The van der Waals surface area contributed by atoms with E-state index in [-0.39, 0.29) is 12.3 Å². The van der Waals surface area contributed by atoms with E-state index in [0.717, 1.165) is 11.1 Å². The van der Waals surface area contributed by atoms with Crippen LogP contribution in [-0.4, -0.2) is 97.4 Å². The predicted octanol–water partition coefficient (Wildman–Crippen LogP) is 1.53. The Morgan fingerprint density at radius 1 is 0.763 bits per heavy atom. The van der Waals surface area contributed by atoms with Crippen LogP contribution in [0.15, 0.2) is 30.6 Å². The molecule has 2 rings (SSSR count). The van der Waals surface area contributed by atoms with Crippen molar-refractivity contribution in [3.05, 3.63) is 36.2 Å². The van der Waals surface area contributed by atoms with Gasteiger partial charge in [0.1, 0.15) is 5.60 Å². The highest BCUT2D eigenvalue weighted by Crippen LogP contribution is 2.13. The molecular formula is C25H38N6O7. The van der Waals surface area contributed by atoms with Gasteiger partial charge in [-0.1, -0.05) is 24.3 Å². The molecule has 13 heteroatoms. The van der Waals surface area contributed by atoms with Crippen molar-refractivity contribution in [2.75, 3.05) is 59.4 Å². The van der Waals surface area contributed by atoms with Crippen LogP contribution in [0.25, 0.3) is 11.4 Å². The van der Waals surface area contributed by atoms with Gasteiger partial charge in [0.15, 0.2) is 6.33 Å². The Bertz CT molecular complexity index is 926. The summed E-state index contributed by atoms with van der Waals surface area (Å²) in [5, 5.41) is 20.7. The summed E-state index contributed by atoms with van der Waals surface area (Å²) >= 11 is 0. The first-order valence-corrected chi connectivity index (χ1v) is 12.5. The molecule has 0 radical (unpaired) electrons. The molecular weight excluding hydrogens is 496 g/mol. The smallest absolute Gasteiger partial charge is 0.407 e. The Morgan fingerprint density at radius 3 is 1.89 bits per heavy atom. The summed E-state index contributed by atoms with van der Waals surface area (Å²) < 4.78 is 26.8. The molecule has 0 saturated carbocycles. The average Bonchev–Trinajstić information content (AvgIpc) is 2.89. The zero-order valence-corrected chi connectivity index (χ0v) is 22.3. The number of carbonyl (C=O) groups excluding carboxylic acids is 2. The highest BCUT2D eigenvalue weighted by atomic mass is 16.6. The predicted molar refractivity (Wildman–Crippen MR) is 137 cm³/mol. The maximum atomic E-state index is 12.0. The molecule has 0 spiro atoms. The molecule has 1 aromatic carbocycles. The lowest BCUT2D eigenvalue weighted by atomic mass is 10.1. The zero-order valence-electron chi connectivity index (χ0n) is 22.3. The van der Waals surface area contributed by atoms with Gasteiger partial charge in [-0.05, 0) is 26.3 Å². The number of benzene rings is 1. The molecule has 1 heterocycles. The zero-order chi connectivity index (χ0) is 27.5. The molecule has 2 N–H and O–H groups in total. The number of nitrogens with zero attached hydrogens (tertiary/aromatic N) is 4. The van der Waals surface area contributed by atoms with Crippen molar-refractivity contribution < 1.29 is 33.3 Å². The van der Waals surface area contributed by atoms with Gasteiger partial charge < -0.3 is 34.3 Å². The highest BCUT2D eigenvalue weighted by molar-refractivity contribution is 5.76. The van der Waals surface area contributed by atoms with Crippen molar-refractivity contribution in [1.29, 1.82) is 0 Å². The third-order valence-electron chi connectivity index (χ3n) is 4.61. The second-order valence-corrected chi connectivity index (χ2v) is 8.97. The minimum absolute atomic E-state index is 0.0916. The molecule has 2 amide bonds. The van der Waals surface area contributed by atoms with E-state index in [1.165, 1.54) is 6.33 Å². The molecule has 0 aliphatic heterocycles. The third kappa shape index (κ3) is 15.1. The molecule has 0 fully saturated rings. The van der Waals surface area contributed by atoms with Crippen LogP contribution in [0.3, 0.4) is 0 Å². The van der Waals surface area contributed by atoms with Gasteiger partial charge in [-0.15, -0.1) is 20.4 Å². The van der Waals surface area contributed by atoms with E-state index < -0.39 is 11.7 Å². The minimum atomic E-state index is -0.518. The van der Waals surface area contributed by atoms with Crippen molar-refractivity contribution in [2.24, 2.45) is 0 Å².